The molecule has 0 amide bonds. The lowest BCUT2D eigenvalue weighted by Gasteiger charge is -2.06. The molecule has 17 heavy (non-hydrogen) atoms. The van der Waals surface area contributed by atoms with Crippen molar-refractivity contribution in [2.24, 2.45) is 0 Å². The maximum atomic E-state index is 11.4. The highest BCUT2D eigenvalue weighted by Crippen LogP contribution is 2.16. The molecule has 0 aromatic carbocycles. The Morgan fingerprint density at radius 2 is 2.29 bits per heavy atom. The molecule has 2 aromatic rings. The molecule has 2 heterocycles. The number of esters is 1. The molecule has 0 atom stereocenters. The highest BCUT2D eigenvalue weighted by atomic mass is 127. The number of carbonyl (C=O) groups is 1. The number of aromatic nitrogens is 3. The SMILES string of the molecule is COC(=O)c1ccc(N)c(-n2cc(I)cn2)n1. The first-order chi connectivity index (χ1) is 8.11. The van der Waals surface area contributed by atoms with Gasteiger partial charge in [-0.05, 0) is 34.7 Å². The highest BCUT2D eigenvalue weighted by Gasteiger charge is 2.12. The fraction of sp³-hybridized carbons (Fsp3) is 0.100. The first-order valence-electron chi connectivity index (χ1n) is 4.67. The number of pyridine rings is 1. The fourth-order valence-electron chi connectivity index (χ4n) is 1.28. The Morgan fingerprint density at radius 3 is 2.88 bits per heavy atom. The molecule has 6 nitrogen and oxygen atoms in total. The summed E-state index contributed by atoms with van der Waals surface area (Å²) in [6.07, 6.45) is 3.44. The zero-order valence-corrected chi connectivity index (χ0v) is 11.1. The van der Waals surface area contributed by atoms with Crippen molar-refractivity contribution in [3.8, 4) is 5.82 Å². The topological polar surface area (TPSA) is 83.0 Å². The van der Waals surface area contributed by atoms with Gasteiger partial charge in [-0.15, -0.1) is 0 Å². The van der Waals surface area contributed by atoms with Crippen molar-refractivity contribution in [3.05, 3.63) is 33.8 Å². The van der Waals surface area contributed by atoms with Crippen LogP contribution in [-0.4, -0.2) is 27.8 Å². The number of nitrogens with zero attached hydrogens (tertiary/aromatic N) is 3. The maximum Gasteiger partial charge on any atom is 0.356 e. The standard InChI is InChI=1S/C10H9IN4O2/c1-17-10(16)8-3-2-7(12)9(14-8)15-5-6(11)4-13-15/h2-5H,12H2,1H3. The van der Waals surface area contributed by atoms with Crippen LogP contribution in [0.5, 0.6) is 0 Å². The van der Waals surface area contributed by atoms with Crippen LogP contribution < -0.4 is 5.73 Å². The summed E-state index contributed by atoms with van der Waals surface area (Å²) in [4.78, 5) is 15.5. The minimum Gasteiger partial charge on any atom is -0.464 e. The number of nitrogen functional groups attached to an aromatic ring is 1. The number of hydrogen-bond acceptors (Lipinski definition) is 5. The molecule has 0 fully saturated rings. The summed E-state index contributed by atoms with van der Waals surface area (Å²) in [6, 6.07) is 3.11. The van der Waals surface area contributed by atoms with Gasteiger partial charge in [0.05, 0.1) is 22.6 Å². The number of hydrogen-bond donors (Lipinski definition) is 1. The van der Waals surface area contributed by atoms with Crippen LogP contribution in [0.4, 0.5) is 5.69 Å². The lowest BCUT2D eigenvalue weighted by Crippen LogP contribution is -2.10. The molecule has 0 aliphatic rings. The second-order valence-electron chi connectivity index (χ2n) is 3.20. The van der Waals surface area contributed by atoms with Crippen LogP contribution in [-0.2, 0) is 4.74 Å². The van der Waals surface area contributed by atoms with Gasteiger partial charge in [0.15, 0.2) is 11.5 Å². The van der Waals surface area contributed by atoms with Gasteiger partial charge in [-0.3, -0.25) is 0 Å². The molecule has 0 saturated heterocycles. The van der Waals surface area contributed by atoms with E-state index in [9.17, 15) is 4.79 Å². The Labute approximate surface area is 111 Å². The summed E-state index contributed by atoms with van der Waals surface area (Å²) in [5.41, 5.74) is 6.43. The van der Waals surface area contributed by atoms with Gasteiger partial charge in [0, 0.05) is 6.20 Å². The third-order valence-electron chi connectivity index (χ3n) is 2.07. The van der Waals surface area contributed by atoms with E-state index in [1.54, 1.807) is 18.5 Å². The molecule has 2 N–H and O–H groups in total. The third kappa shape index (κ3) is 2.38. The highest BCUT2D eigenvalue weighted by molar-refractivity contribution is 14.1. The van der Waals surface area contributed by atoms with Gasteiger partial charge in [0.25, 0.3) is 0 Å². The predicted octanol–water partition coefficient (Wildman–Crippen LogP) is 1.24. The molecule has 0 bridgehead atoms. The zero-order chi connectivity index (χ0) is 12.4. The van der Waals surface area contributed by atoms with Crippen LogP contribution in [0.1, 0.15) is 10.5 Å². The van der Waals surface area contributed by atoms with E-state index in [1.807, 2.05) is 0 Å². The number of anilines is 1. The summed E-state index contributed by atoms with van der Waals surface area (Å²) in [6.45, 7) is 0. The first-order valence-corrected chi connectivity index (χ1v) is 5.75. The monoisotopic (exact) mass is 344 g/mol. The lowest BCUT2D eigenvalue weighted by molar-refractivity contribution is 0.0594. The van der Waals surface area contributed by atoms with Crippen LogP contribution in [0.2, 0.25) is 0 Å². The molecule has 88 valence electrons. The quantitative estimate of drug-likeness (QED) is 0.655. The Kier molecular flexibility index (Phi) is 3.27. The van der Waals surface area contributed by atoms with Gasteiger partial charge >= 0.3 is 5.97 Å². The normalized spacial score (nSPS) is 10.2. The van der Waals surface area contributed by atoms with E-state index in [0.29, 0.717) is 11.5 Å². The van der Waals surface area contributed by atoms with Gasteiger partial charge in [-0.1, -0.05) is 0 Å². The number of halogens is 1. The van der Waals surface area contributed by atoms with Gasteiger partial charge in [-0.25, -0.2) is 14.5 Å². The Morgan fingerprint density at radius 1 is 1.53 bits per heavy atom. The van der Waals surface area contributed by atoms with Crippen LogP contribution >= 0.6 is 22.6 Å². The van der Waals surface area contributed by atoms with Gasteiger partial charge in [-0.2, -0.15) is 5.10 Å². The molecule has 0 radical (unpaired) electrons. The van der Waals surface area contributed by atoms with E-state index >= 15 is 0 Å². The molecule has 2 rings (SSSR count). The average molecular weight is 344 g/mol. The van der Waals surface area contributed by atoms with Gasteiger partial charge < -0.3 is 10.5 Å². The minimum absolute atomic E-state index is 0.196. The van der Waals surface area contributed by atoms with Crippen molar-refractivity contribution in [3.63, 3.8) is 0 Å². The molecule has 2 aromatic heterocycles. The molecule has 7 heteroatoms. The van der Waals surface area contributed by atoms with Crippen molar-refractivity contribution in [1.29, 1.82) is 0 Å². The average Bonchev–Trinajstić information content (AvgIpc) is 2.75. The van der Waals surface area contributed by atoms with Crippen LogP contribution in [0.25, 0.3) is 5.82 Å². The third-order valence-corrected chi connectivity index (χ3v) is 2.62. The molecular formula is C10H9IN4O2. The van der Waals surface area contributed by atoms with E-state index in [4.69, 9.17) is 5.73 Å². The fourth-order valence-corrected chi connectivity index (χ4v) is 1.67. The summed E-state index contributed by atoms with van der Waals surface area (Å²) >= 11 is 2.12. The predicted molar refractivity (Wildman–Crippen MR) is 69.8 cm³/mol. The van der Waals surface area contributed by atoms with Gasteiger partial charge in [0.2, 0.25) is 0 Å². The van der Waals surface area contributed by atoms with E-state index in [0.717, 1.165) is 3.57 Å². The lowest BCUT2D eigenvalue weighted by atomic mass is 10.3. The molecule has 0 spiro atoms. The van der Waals surface area contributed by atoms with Crippen LogP contribution in [0, 0.1) is 3.57 Å². The molecule has 0 aliphatic carbocycles. The van der Waals surface area contributed by atoms with Crippen molar-refractivity contribution >= 4 is 34.2 Å². The second-order valence-corrected chi connectivity index (χ2v) is 4.45. The summed E-state index contributed by atoms with van der Waals surface area (Å²) in [7, 11) is 1.30. The second kappa shape index (κ2) is 4.70. The molecule has 0 aliphatic heterocycles. The Bertz CT molecular complexity index is 567. The summed E-state index contributed by atoms with van der Waals surface area (Å²) < 4.78 is 7.07. The van der Waals surface area contributed by atoms with E-state index in [2.05, 4.69) is 37.4 Å². The van der Waals surface area contributed by atoms with E-state index in [1.165, 1.54) is 17.9 Å². The van der Waals surface area contributed by atoms with Crippen LogP contribution in [0.15, 0.2) is 24.5 Å². The summed E-state index contributed by atoms with van der Waals surface area (Å²) in [5.74, 6) is -0.0936. The van der Waals surface area contributed by atoms with E-state index < -0.39 is 5.97 Å². The van der Waals surface area contributed by atoms with Crippen molar-refractivity contribution in [2.45, 2.75) is 0 Å². The number of carbonyl (C=O) groups excluding carboxylic acids is 1. The molecule has 0 saturated carbocycles. The maximum absolute atomic E-state index is 11.4. The van der Waals surface area contributed by atoms with Crippen molar-refractivity contribution in [1.82, 2.24) is 14.8 Å². The smallest absolute Gasteiger partial charge is 0.356 e. The number of ether oxygens (including phenoxy) is 1. The summed E-state index contributed by atoms with van der Waals surface area (Å²) in [5, 5.41) is 4.09. The number of rotatable bonds is 2. The zero-order valence-electron chi connectivity index (χ0n) is 8.92. The number of methoxy groups -OCH3 is 1. The minimum atomic E-state index is -0.506. The Hall–Kier alpha value is -1.64. The molecular weight excluding hydrogens is 335 g/mol. The van der Waals surface area contributed by atoms with E-state index in [-0.39, 0.29) is 5.69 Å². The largest absolute Gasteiger partial charge is 0.464 e. The Balaban J connectivity index is 2.49. The van der Waals surface area contributed by atoms with Crippen molar-refractivity contribution in [2.75, 3.05) is 12.8 Å². The molecule has 0 unspecified atom stereocenters. The van der Waals surface area contributed by atoms with Crippen molar-refractivity contribution < 1.29 is 9.53 Å². The van der Waals surface area contributed by atoms with Crippen LogP contribution in [0.3, 0.4) is 0 Å². The number of nitrogens with two attached hydrogens (primary N) is 1. The first kappa shape index (κ1) is 11.8. The van der Waals surface area contributed by atoms with Gasteiger partial charge in [0.1, 0.15) is 0 Å².